The number of benzene rings is 1. The summed E-state index contributed by atoms with van der Waals surface area (Å²) < 4.78 is 0. The first kappa shape index (κ1) is 14.7. The molecule has 0 bridgehead atoms. The molecule has 0 aliphatic rings. The number of alkyl halides is 1. The van der Waals surface area contributed by atoms with Crippen LogP contribution in [0.4, 0.5) is 5.69 Å². The number of aryl methyl sites for hydroxylation is 1. The maximum atomic E-state index is 11.4. The molecular weight excluding hydrogens is 296 g/mol. The first-order chi connectivity index (χ1) is 8.52. The number of carbonyl (C=O) groups is 2. The van der Waals surface area contributed by atoms with Crippen molar-refractivity contribution in [3.63, 3.8) is 0 Å². The van der Waals surface area contributed by atoms with Crippen LogP contribution in [-0.4, -0.2) is 36.1 Å². The Labute approximate surface area is 115 Å². The summed E-state index contributed by atoms with van der Waals surface area (Å²) in [6.07, 6.45) is 1.21. The molecule has 4 nitrogen and oxygen atoms in total. The summed E-state index contributed by atoms with van der Waals surface area (Å²) >= 11 is 3.09. The fourth-order valence-corrected chi connectivity index (χ4v) is 1.56. The Morgan fingerprint density at radius 3 is 2.33 bits per heavy atom. The number of hydrogen-bond acceptors (Lipinski definition) is 2. The average molecular weight is 313 g/mol. The third kappa shape index (κ3) is 4.87. The van der Waals surface area contributed by atoms with Gasteiger partial charge in [-0.15, -0.1) is 0 Å². The van der Waals surface area contributed by atoms with Gasteiger partial charge in [0.25, 0.3) is 0 Å². The van der Waals surface area contributed by atoms with Gasteiger partial charge in [0.1, 0.15) is 0 Å². The monoisotopic (exact) mass is 312 g/mol. The molecule has 2 amide bonds. The first-order valence-electron chi connectivity index (χ1n) is 5.68. The van der Waals surface area contributed by atoms with Crippen LogP contribution in [0.5, 0.6) is 0 Å². The minimum absolute atomic E-state index is 0.0782. The second kappa shape index (κ2) is 7.16. The van der Waals surface area contributed by atoms with Gasteiger partial charge in [0.05, 0.1) is 5.33 Å². The lowest BCUT2D eigenvalue weighted by Crippen LogP contribution is -2.21. The van der Waals surface area contributed by atoms with Crippen molar-refractivity contribution in [1.29, 1.82) is 0 Å². The average Bonchev–Trinajstić information content (AvgIpc) is 2.37. The van der Waals surface area contributed by atoms with E-state index in [1.807, 2.05) is 24.3 Å². The van der Waals surface area contributed by atoms with Gasteiger partial charge in [0, 0.05) is 26.2 Å². The second-order valence-corrected chi connectivity index (χ2v) is 4.73. The number of nitrogens with one attached hydrogen (secondary N) is 1. The molecule has 0 aliphatic carbocycles. The number of nitrogens with zero attached hydrogens (tertiary/aromatic N) is 1. The summed E-state index contributed by atoms with van der Waals surface area (Å²) in [5, 5.41) is 3.02. The SMILES string of the molecule is CN(C)C(=O)CCc1ccc(NC(=O)CBr)cc1. The van der Waals surface area contributed by atoms with Gasteiger partial charge >= 0.3 is 0 Å². The van der Waals surface area contributed by atoms with Crippen molar-refractivity contribution < 1.29 is 9.59 Å². The van der Waals surface area contributed by atoms with E-state index in [0.29, 0.717) is 12.8 Å². The molecular formula is C13H17BrN2O2. The fourth-order valence-electron chi connectivity index (χ4n) is 1.42. The number of halogens is 1. The van der Waals surface area contributed by atoms with E-state index in [1.165, 1.54) is 0 Å². The predicted molar refractivity (Wildman–Crippen MR) is 75.9 cm³/mol. The van der Waals surface area contributed by atoms with E-state index in [9.17, 15) is 9.59 Å². The third-order valence-corrected chi connectivity index (χ3v) is 2.99. The molecule has 0 unspecified atom stereocenters. The van der Waals surface area contributed by atoms with E-state index in [0.717, 1.165) is 11.3 Å². The zero-order valence-electron chi connectivity index (χ0n) is 10.6. The van der Waals surface area contributed by atoms with Crippen molar-refractivity contribution >= 4 is 33.4 Å². The van der Waals surface area contributed by atoms with E-state index in [4.69, 9.17) is 0 Å². The molecule has 0 saturated carbocycles. The molecule has 5 heteroatoms. The van der Waals surface area contributed by atoms with Gasteiger partial charge in [0.15, 0.2) is 0 Å². The van der Waals surface area contributed by atoms with Crippen LogP contribution in [0, 0.1) is 0 Å². The molecule has 0 spiro atoms. The van der Waals surface area contributed by atoms with E-state index < -0.39 is 0 Å². The zero-order chi connectivity index (χ0) is 13.5. The third-order valence-electron chi connectivity index (χ3n) is 2.49. The minimum atomic E-state index is -0.0782. The van der Waals surface area contributed by atoms with Crippen LogP contribution >= 0.6 is 15.9 Å². The van der Waals surface area contributed by atoms with Crippen molar-refractivity contribution in [2.75, 3.05) is 24.7 Å². The van der Waals surface area contributed by atoms with Gasteiger partial charge in [-0.2, -0.15) is 0 Å². The van der Waals surface area contributed by atoms with Crippen LogP contribution in [-0.2, 0) is 16.0 Å². The number of amides is 2. The van der Waals surface area contributed by atoms with Gasteiger partial charge < -0.3 is 10.2 Å². The van der Waals surface area contributed by atoms with Crippen LogP contribution in [0.15, 0.2) is 24.3 Å². The molecule has 0 heterocycles. The smallest absolute Gasteiger partial charge is 0.235 e. The van der Waals surface area contributed by atoms with E-state index >= 15 is 0 Å². The summed E-state index contributed by atoms with van der Waals surface area (Å²) in [6.45, 7) is 0. The largest absolute Gasteiger partial charge is 0.349 e. The van der Waals surface area contributed by atoms with Crippen molar-refractivity contribution in [2.45, 2.75) is 12.8 Å². The Morgan fingerprint density at radius 1 is 1.22 bits per heavy atom. The van der Waals surface area contributed by atoms with E-state index in [2.05, 4.69) is 21.2 Å². The highest BCUT2D eigenvalue weighted by Gasteiger charge is 2.04. The van der Waals surface area contributed by atoms with Crippen LogP contribution < -0.4 is 5.32 Å². The van der Waals surface area contributed by atoms with Crippen LogP contribution in [0.1, 0.15) is 12.0 Å². The Kier molecular flexibility index (Phi) is 5.85. The van der Waals surface area contributed by atoms with Crippen molar-refractivity contribution in [3.8, 4) is 0 Å². The van der Waals surface area contributed by atoms with Gasteiger partial charge in [-0.25, -0.2) is 0 Å². The molecule has 98 valence electrons. The molecule has 0 aliphatic heterocycles. The Bertz CT molecular complexity index is 416. The summed E-state index contributed by atoms with van der Waals surface area (Å²) in [4.78, 5) is 24.2. The Hall–Kier alpha value is -1.36. The van der Waals surface area contributed by atoms with Crippen LogP contribution in [0.25, 0.3) is 0 Å². The fraction of sp³-hybridized carbons (Fsp3) is 0.385. The van der Waals surface area contributed by atoms with Crippen molar-refractivity contribution in [1.82, 2.24) is 4.90 Å². The number of rotatable bonds is 5. The minimum Gasteiger partial charge on any atom is -0.349 e. The molecule has 0 atom stereocenters. The lowest BCUT2D eigenvalue weighted by atomic mass is 10.1. The zero-order valence-corrected chi connectivity index (χ0v) is 12.2. The molecule has 1 aromatic carbocycles. The van der Waals surface area contributed by atoms with E-state index in [1.54, 1.807) is 19.0 Å². The lowest BCUT2D eigenvalue weighted by molar-refractivity contribution is -0.128. The van der Waals surface area contributed by atoms with Crippen LogP contribution in [0.3, 0.4) is 0 Å². The molecule has 1 rings (SSSR count). The predicted octanol–water partition coefficient (Wildman–Crippen LogP) is 2.04. The summed E-state index contributed by atoms with van der Waals surface area (Å²) in [7, 11) is 3.50. The lowest BCUT2D eigenvalue weighted by Gasteiger charge is -2.10. The normalized spacial score (nSPS) is 9.94. The maximum absolute atomic E-state index is 11.4. The highest BCUT2D eigenvalue weighted by atomic mass is 79.9. The molecule has 1 N–H and O–H groups in total. The summed E-state index contributed by atoms with van der Waals surface area (Å²) in [5.41, 5.74) is 1.85. The highest BCUT2D eigenvalue weighted by Crippen LogP contribution is 2.11. The molecule has 0 fully saturated rings. The van der Waals surface area contributed by atoms with Crippen LogP contribution in [0.2, 0.25) is 0 Å². The number of carbonyl (C=O) groups excluding carboxylic acids is 2. The Balaban J connectivity index is 2.50. The van der Waals surface area contributed by atoms with Crippen molar-refractivity contribution in [3.05, 3.63) is 29.8 Å². The second-order valence-electron chi connectivity index (χ2n) is 4.17. The number of hydrogen-bond donors (Lipinski definition) is 1. The van der Waals surface area contributed by atoms with Gasteiger partial charge in [0.2, 0.25) is 11.8 Å². The van der Waals surface area contributed by atoms with Gasteiger partial charge in [-0.05, 0) is 24.1 Å². The Morgan fingerprint density at radius 2 is 1.83 bits per heavy atom. The molecule has 0 radical (unpaired) electrons. The topological polar surface area (TPSA) is 49.4 Å². The molecule has 18 heavy (non-hydrogen) atoms. The maximum Gasteiger partial charge on any atom is 0.235 e. The standard InChI is InChI=1S/C13H17BrN2O2/c1-16(2)13(18)8-5-10-3-6-11(7-4-10)15-12(17)9-14/h3-4,6-7H,5,8-9H2,1-2H3,(H,15,17). The van der Waals surface area contributed by atoms with E-state index in [-0.39, 0.29) is 17.1 Å². The van der Waals surface area contributed by atoms with Gasteiger partial charge in [-0.3, -0.25) is 9.59 Å². The number of anilines is 1. The summed E-state index contributed by atoms with van der Waals surface area (Å²) in [5.74, 6) is 0.0391. The quantitative estimate of drug-likeness (QED) is 0.846. The highest BCUT2D eigenvalue weighted by molar-refractivity contribution is 9.09. The molecule has 0 saturated heterocycles. The molecule has 0 aromatic heterocycles. The molecule has 1 aromatic rings. The first-order valence-corrected chi connectivity index (χ1v) is 6.80. The van der Waals surface area contributed by atoms with Crippen molar-refractivity contribution in [2.24, 2.45) is 0 Å². The summed E-state index contributed by atoms with van der Waals surface area (Å²) in [6, 6.07) is 7.53. The van der Waals surface area contributed by atoms with Gasteiger partial charge in [-0.1, -0.05) is 28.1 Å².